The van der Waals surface area contributed by atoms with Crippen molar-refractivity contribution in [2.24, 2.45) is 0 Å². The lowest BCUT2D eigenvalue weighted by molar-refractivity contribution is 0.342. The molecule has 0 bridgehead atoms. The Balaban J connectivity index is 2.03. The molecule has 0 heterocycles. The van der Waals surface area contributed by atoms with Crippen LogP contribution in [0.1, 0.15) is 12.5 Å². The Labute approximate surface area is 108 Å². The fraction of sp³-hybridized carbons (Fsp3) is 0.200. The Morgan fingerprint density at radius 1 is 1.11 bits per heavy atom. The average molecular weight is 242 g/mol. The lowest BCUT2D eigenvalue weighted by atomic mass is 10.2. The second-order valence-electron chi connectivity index (χ2n) is 4.02. The van der Waals surface area contributed by atoms with Crippen molar-refractivity contribution in [3.05, 3.63) is 54.1 Å². The summed E-state index contributed by atoms with van der Waals surface area (Å²) in [4.78, 5) is 0. The summed E-state index contributed by atoms with van der Waals surface area (Å²) in [6.45, 7) is 3.35. The number of hydrogen-bond acceptors (Lipinski definition) is 3. The van der Waals surface area contributed by atoms with Gasteiger partial charge in [-0.15, -0.1) is 0 Å². The van der Waals surface area contributed by atoms with E-state index in [0.29, 0.717) is 12.3 Å². The first-order valence-electron chi connectivity index (χ1n) is 6.09. The molecule has 0 fully saturated rings. The van der Waals surface area contributed by atoms with Gasteiger partial charge in [0.05, 0.1) is 12.3 Å². The summed E-state index contributed by atoms with van der Waals surface area (Å²) in [5.41, 5.74) is 8.75. The topological polar surface area (TPSA) is 47.3 Å². The third-order valence-electron chi connectivity index (χ3n) is 2.65. The average Bonchev–Trinajstić information content (AvgIpc) is 2.41. The maximum atomic E-state index is 5.83. The largest absolute Gasteiger partial charge is 0.492 e. The fourth-order valence-corrected chi connectivity index (χ4v) is 1.72. The number of nitrogens with one attached hydrogen (secondary N) is 1. The van der Waals surface area contributed by atoms with E-state index in [1.165, 1.54) is 5.56 Å². The molecule has 0 aromatic heterocycles. The maximum absolute atomic E-state index is 5.83. The number of nitrogen functional groups attached to an aromatic ring is 1. The molecule has 2 rings (SSSR count). The zero-order valence-corrected chi connectivity index (χ0v) is 10.5. The van der Waals surface area contributed by atoms with E-state index in [1.54, 1.807) is 0 Å². The molecule has 0 atom stereocenters. The SMILES string of the molecule is CCOc1cc(NCc2ccccc2)ccc1N. The predicted molar refractivity (Wildman–Crippen MR) is 75.8 cm³/mol. The summed E-state index contributed by atoms with van der Waals surface area (Å²) in [5, 5.41) is 3.35. The molecule has 0 unspecified atom stereocenters. The molecule has 0 aliphatic rings. The Kier molecular flexibility index (Phi) is 4.07. The Morgan fingerprint density at radius 3 is 2.61 bits per heavy atom. The molecule has 2 aromatic carbocycles. The van der Waals surface area contributed by atoms with Crippen LogP contribution in [0.3, 0.4) is 0 Å². The molecule has 3 heteroatoms. The van der Waals surface area contributed by atoms with Crippen molar-refractivity contribution in [1.82, 2.24) is 0 Å². The van der Waals surface area contributed by atoms with Crippen LogP contribution >= 0.6 is 0 Å². The van der Waals surface area contributed by atoms with E-state index in [0.717, 1.165) is 18.0 Å². The van der Waals surface area contributed by atoms with E-state index >= 15 is 0 Å². The molecular weight excluding hydrogens is 224 g/mol. The van der Waals surface area contributed by atoms with E-state index in [4.69, 9.17) is 10.5 Å². The third-order valence-corrected chi connectivity index (χ3v) is 2.65. The number of hydrogen-bond donors (Lipinski definition) is 2. The van der Waals surface area contributed by atoms with Crippen LogP contribution in [0.15, 0.2) is 48.5 Å². The van der Waals surface area contributed by atoms with Crippen LogP contribution in [-0.2, 0) is 6.54 Å². The van der Waals surface area contributed by atoms with Crippen molar-refractivity contribution in [3.8, 4) is 5.75 Å². The molecule has 3 N–H and O–H groups in total. The summed E-state index contributed by atoms with van der Waals surface area (Å²) < 4.78 is 5.46. The van der Waals surface area contributed by atoms with E-state index < -0.39 is 0 Å². The first-order chi connectivity index (χ1) is 8.79. The van der Waals surface area contributed by atoms with E-state index in [9.17, 15) is 0 Å². The molecule has 0 saturated heterocycles. The van der Waals surface area contributed by atoms with Gasteiger partial charge in [0.1, 0.15) is 5.75 Å². The van der Waals surface area contributed by atoms with Crippen LogP contribution in [0.2, 0.25) is 0 Å². The molecule has 3 nitrogen and oxygen atoms in total. The molecule has 0 spiro atoms. The van der Waals surface area contributed by atoms with Crippen LogP contribution in [0, 0.1) is 0 Å². The fourth-order valence-electron chi connectivity index (χ4n) is 1.72. The number of anilines is 2. The standard InChI is InChI=1S/C15H18N2O/c1-2-18-15-10-13(8-9-14(15)16)17-11-12-6-4-3-5-7-12/h3-10,17H,2,11,16H2,1H3. The molecule has 0 amide bonds. The van der Waals surface area contributed by atoms with Crippen LogP contribution in [-0.4, -0.2) is 6.61 Å². The van der Waals surface area contributed by atoms with Gasteiger partial charge in [-0.1, -0.05) is 30.3 Å². The maximum Gasteiger partial charge on any atom is 0.144 e. The van der Waals surface area contributed by atoms with Crippen LogP contribution < -0.4 is 15.8 Å². The first-order valence-corrected chi connectivity index (χ1v) is 6.09. The number of nitrogens with two attached hydrogens (primary N) is 1. The molecular formula is C15H18N2O. The highest BCUT2D eigenvalue weighted by atomic mass is 16.5. The van der Waals surface area contributed by atoms with Gasteiger partial charge in [-0.25, -0.2) is 0 Å². The molecule has 0 aliphatic carbocycles. The van der Waals surface area contributed by atoms with Gasteiger partial charge in [0.2, 0.25) is 0 Å². The highest BCUT2D eigenvalue weighted by Crippen LogP contribution is 2.25. The highest BCUT2D eigenvalue weighted by molar-refractivity contribution is 5.61. The van der Waals surface area contributed by atoms with Gasteiger partial charge in [0, 0.05) is 18.3 Å². The lowest BCUT2D eigenvalue weighted by Crippen LogP contribution is -2.01. The smallest absolute Gasteiger partial charge is 0.144 e. The minimum Gasteiger partial charge on any atom is -0.492 e. The van der Waals surface area contributed by atoms with Crippen molar-refractivity contribution in [3.63, 3.8) is 0 Å². The van der Waals surface area contributed by atoms with Crippen LogP contribution in [0.5, 0.6) is 5.75 Å². The summed E-state index contributed by atoms with van der Waals surface area (Å²) in [7, 11) is 0. The van der Waals surface area contributed by atoms with Gasteiger partial charge in [0.25, 0.3) is 0 Å². The second-order valence-corrected chi connectivity index (χ2v) is 4.02. The van der Waals surface area contributed by atoms with Crippen molar-refractivity contribution >= 4 is 11.4 Å². The molecule has 18 heavy (non-hydrogen) atoms. The van der Waals surface area contributed by atoms with Crippen LogP contribution in [0.25, 0.3) is 0 Å². The first kappa shape index (κ1) is 12.3. The van der Waals surface area contributed by atoms with Gasteiger partial charge in [-0.3, -0.25) is 0 Å². The molecule has 0 saturated carbocycles. The van der Waals surface area contributed by atoms with E-state index in [1.807, 2.05) is 43.3 Å². The normalized spacial score (nSPS) is 10.1. The summed E-state index contributed by atoms with van der Waals surface area (Å²) in [6, 6.07) is 16.0. The minimum absolute atomic E-state index is 0.617. The van der Waals surface area contributed by atoms with Gasteiger partial charge in [0.15, 0.2) is 0 Å². The zero-order chi connectivity index (χ0) is 12.8. The molecule has 0 radical (unpaired) electrons. The van der Waals surface area contributed by atoms with Gasteiger partial charge in [-0.05, 0) is 24.6 Å². The summed E-state index contributed by atoms with van der Waals surface area (Å²) in [5.74, 6) is 0.732. The molecule has 2 aromatic rings. The van der Waals surface area contributed by atoms with Crippen molar-refractivity contribution < 1.29 is 4.74 Å². The number of ether oxygens (including phenoxy) is 1. The monoisotopic (exact) mass is 242 g/mol. The van der Waals surface area contributed by atoms with E-state index in [2.05, 4.69) is 17.4 Å². The Bertz CT molecular complexity index is 497. The second kappa shape index (κ2) is 5.96. The molecule has 0 aliphatic heterocycles. The van der Waals surface area contributed by atoms with Crippen molar-refractivity contribution in [2.45, 2.75) is 13.5 Å². The zero-order valence-electron chi connectivity index (χ0n) is 10.5. The third kappa shape index (κ3) is 3.17. The van der Waals surface area contributed by atoms with Gasteiger partial charge < -0.3 is 15.8 Å². The molecule has 94 valence electrons. The highest BCUT2D eigenvalue weighted by Gasteiger charge is 2.01. The van der Waals surface area contributed by atoms with Gasteiger partial charge in [-0.2, -0.15) is 0 Å². The predicted octanol–water partition coefficient (Wildman–Crippen LogP) is 3.28. The summed E-state index contributed by atoms with van der Waals surface area (Å²) >= 11 is 0. The van der Waals surface area contributed by atoms with Crippen LogP contribution in [0.4, 0.5) is 11.4 Å². The Hall–Kier alpha value is -2.16. The quantitative estimate of drug-likeness (QED) is 0.791. The van der Waals surface area contributed by atoms with Crippen molar-refractivity contribution in [2.75, 3.05) is 17.7 Å². The lowest BCUT2D eigenvalue weighted by Gasteiger charge is -2.11. The number of benzene rings is 2. The van der Waals surface area contributed by atoms with E-state index in [-0.39, 0.29) is 0 Å². The summed E-state index contributed by atoms with van der Waals surface area (Å²) in [6.07, 6.45) is 0. The Morgan fingerprint density at radius 2 is 1.89 bits per heavy atom. The van der Waals surface area contributed by atoms with Gasteiger partial charge >= 0.3 is 0 Å². The number of rotatable bonds is 5. The minimum atomic E-state index is 0.617. The van der Waals surface area contributed by atoms with Crippen molar-refractivity contribution in [1.29, 1.82) is 0 Å².